The van der Waals surface area contributed by atoms with Crippen molar-refractivity contribution in [3.8, 4) is 0 Å². The Labute approximate surface area is 144 Å². The van der Waals surface area contributed by atoms with E-state index in [9.17, 15) is 0 Å². The van der Waals surface area contributed by atoms with E-state index in [4.69, 9.17) is 4.74 Å². The summed E-state index contributed by atoms with van der Waals surface area (Å²) < 4.78 is 5.37. The first-order valence-electron chi connectivity index (χ1n) is 9.45. The summed E-state index contributed by atoms with van der Waals surface area (Å²) in [5, 5.41) is 0. The summed E-state index contributed by atoms with van der Waals surface area (Å²) in [5.74, 6) is 0. The highest BCUT2D eigenvalue weighted by molar-refractivity contribution is 5.23. The molecule has 0 amide bonds. The molecule has 0 aliphatic heterocycles. The molecule has 0 radical (unpaired) electrons. The minimum atomic E-state index is 0.418. The van der Waals surface area contributed by atoms with E-state index in [2.05, 4.69) is 46.8 Å². The highest BCUT2D eigenvalue weighted by Gasteiger charge is 2.27. The largest absolute Gasteiger partial charge is 0.378 e. The maximum Gasteiger partial charge on any atom is 0.0649 e. The van der Waals surface area contributed by atoms with Gasteiger partial charge in [-0.05, 0) is 78.1 Å². The Bertz CT molecular complexity index is 449. The van der Waals surface area contributed by atoms with E-state index in [1.807, 2.05) is 6.92 Å². The first-order chi connectivity index (χ1) is 10.9. The molecule has 0 saturated carbocycles. The van der Waals surface area contributed by atoms with E-state index >= 15 is 0 Å². The summed E-state index contributed by atoms with van der Waals surface area (Å²) in [6.07, 6.45) is 13.5. The van der Waals surface area contributed by atoms with Gasteiger partial charge in [-0.15, -0.1) is 0 Å². The van der Waals surface area contributed by atoms with Crippen LogP contribution in [0.2, 0.25) is 0 Å². The predicted octanol–water partition coefficient (Wildman–Crippen LogP) is 7.00. The Kier molecular flexibility index (Phi) is 8.91. The zero-order chi connectivity index (χ0) is 17.3. The molecule has 1 aliphatic carbocycles. The van der Waals surface area contributed by atoms with Crippen molar-refractivity contribution in [1.29, 1.82) is 0 Å². The molecule has 0 fully saturated rings. The third kappa shape index (κ3) is 7.52. The Morgan fingerprint density at radius 3 is 2.48 bits per heavy atom. The van der Waals surface area contributed by atoms with E-state index in [1.165, 1.54) is 37.7 Å². The molecule has 0 aromatic rings. The molecule has 0 aromatic heterocycles. The van der Waals surface area contributed by atoms with Gasteiger partial charge in [-0.3, -0.25) is 0 Å². The molecule has 0 heterocycles. The Morgan fingerprint density at radius 1 is 1.13 bits per heavy atom. The van der Waals surface area contributed by atoms with Crippen LogP contribution in [-0.2, 0) is 4.74 Å². The summed E-state index contributed by atoms with van der Waals surface area (Å²) in [6.45, 7) is 15.3. The molecule has 132 valence electrons. The lowest BCUT2D eigenvalue weighted by molar-refractivity contribution is 0.177. The van der Waals surface area contributed by atoms with Gasteiger partial charge in [-0.2, -0.15) is 0 Å². The Hall–Kier alpha value is -0.820. The fourth-order valence-electron chi connectivity index (χ4n) is 3.62. The third-order valence-corrected chi connectivity index (χ3v) is 5.24. The van der Waals surface area contributed by atoms with Crippen LogP contribution in [0.5, 0.6) is 0 Å². The molecule has 1 rings (SSSR count). The van der Waals surface area contributed by atoms with Gasteiger partial charge < -0.3 is 4.74 Å². The van der Waals surface area contributed by atoms with Crippen molar-refractivity contribution < 1.29 is 4.74 Å². The number of allylic oxidation sites excluding steroid dienone is 5. The quantitative estimate of drug-likeness (QED) is 0.328. The monoisotopic (exact) mass is 318 g/mol. The van der Waals surface area contributed by atoms with E-state index in [0.29, 0.717) is 5.41 Å². The van der Waals surface area contributed by atoms with E-state index < -0.39 is 0 Å². The summed E-state index contributed by atoms with van der Waals surface area (Å²) in [4.78, 5) is 0. The van der Waals surface area contributed by atoms with Crippen LogP contribution in [0, 0.1) is 5.41 Å². The fourth-order valence-corrected chi connectivity index (χ4v) is 3.62. The molecular formula is C22H38O. The van der Waals surface area contributed by atoms with Crippen LogP contribution in [0.3, 0.4) is 0 Å². The van der Waals surface area contributed by atoms with E-state index in [0.717, 1.165) is 26.1 Å². The normalized spacial score (nSPS) is 19.4. The zero-order valence-corrected chi connectivity index (χ0v) is 16.4. The third-order valence-electron chi connectivity index (χ3n) is 5.24. The summed E-state index contributed by atoms with van der Waals surface area (Å²) >= 11 is 0. The van der Waals surface area contributed by atoms with Crippen molar-refractivity contribution in [3.05, 3.63) is 34.4 Å². The Balaban J connectivity index is 2.41. The summed E-state index contributed by atoms with van der Waals surface area (Å²) in [7, 11) is 0. The summed E-state index contributed by atoms with van der Waals surface area (Å²) in [5.41, 5.74) is 6.79. The highest BCUT2D eigenvalue weighted by atomic mass is 16.5. The first kappa shape index (κ1) is 20.2. The average molecular weight is 319 g/mol. The minimum absolute atomic E-state index is 0.418. The second-order valence-corrected chi connectivity index (χ2v) is 7.80. The van der Waals surface area contributed by atoms with Crippen LogP contribution < -0.4 is 0 Å². The van der Waals surface area contributed by atoms with Crippen LogP contribution >= 0.6 is 0 Å². The number of rotatable bonds is 9. The van der Waals surface area contributed by atoms with Gasteiger partial charge in [0, 0.05) is 6.61 Å². The van der Waals surface area contributed by atoms with Gasteiger partial charge in [0.2, 0.25) is 0 Å². The fraction of sp³-hybridized carbons (Fsp3) is 0.727. The maximum atomic E-state index is 5.37. The molecule has 0 atom stereocenters. The van der Waals surface area contributed by atoms with Crippen LogP contribution in [0.25, 0.3) is 0 Å². The molecule has 1 nitrogen and oxygen atoms in total. The molecule has 0 unspecified atom stereocenters. The number of hydrogen-bond acceptors (Lipinski definition) is 1. The van der Waals surface area contributed by atoms with Crippen molar-refractivity contribution in [2.24, 2.45) is 5.41 Å². The van der Waals surface area contributed by atoms with Crippen molar-refractivity contribution in [3.63, 3.8) is 0 Å². The highest BCUT2D eigenvalue weighted by Crippen LogP contribution is 2.42. The van der Waals surface area contributed by atoms with Gasteiger partial charge in [0.25, 0.3) is 0 Å². The molecule has 23 heavy (non-hydrogen) atoms. The average Bonchev–Trinajstić information content (AvgIpc) is 2.46. The Morgan fingerprint density at radius 2 is 1.83 bits per heavy atom. The number of ether oxygens (including phenoxy) is 1. The minimum Gasteiger partial charge on any atom is -0.378 e. The predicted molar refractivity (Wildman–Crippen MR) is 103 cm³/mol. The topological polar surface area (TPSA) is 9.23 Å². The van der Waals surface area contributed by atoms with Crippen molar-refractivity contribution in [2.45, 2.75) is 86.5 Å². The van der Waals surface area contributed by atoms with Crippen molar-refractivity contribution >= 4 is 0 Å². The molecule has 0 bridgehead atoms. The van der Waals surface area contributed by atoms with Gasteiger partial charge in [0.05, 0.1) is 6.61 Å². The molecule has 0 spiro atoms. The van der Waals surface area contributed by atoms with E-state index in [1.54, 1.807) is 16.7 Å². The van der Waals surface area contributed by atoms with Crippen LogP contribution in [0.15, 0.2) is 34.4 Å². The van der Waals surface area contributed by atoms with Gasteiger partial charge in [0.1, 0.15) is 0 Å². The second-order valence-electron chi connectivity index (χ2n) is 7.80. The van der Waals surface area contributed by atoms with Gasteiger partial charge >= 0.3 is 0 Å². The lowest BCUT2D eigenvalue weighted by Gasteiger charge is -2.35. The maximum absolute atomic E-state index is 5.37. The lowest BCUT2D eigenvalue weighted by atomic mass is 9.71. The molecule has 0 saturated heterocycles. The number of hydrogen-bond donors (Lipinski definition) is 0. The molecular weight excluding hydrogens is 280 g/mol. The van der Waals surface area contributed by atoms with E-state index in [-0.39, 0.29) is 0 Å². The standard InChI is InChI=1S/C22H38O/c1-7-23-17-15-19(3)11-8-10-18(2)13-14-21-20(4)12-9-16-22(21,5)6/h10,15H,7-9,11-14,16-17H2,1-6H3/b18-10+,19-15+. The van der Waals surface area contributed by atoms with Crippen LogP contribution in [-0.4, -0.2) is 13.2 Å². The summed E-state index contributed by atoms with van der Waals surface area (Å²) in [6, 6.07) is 0. The van der Waals surface area contributed by atoms with Crippen molar-refractivity contribution in [2.75, 3.05) is 13.2 Å². The zero-order valence-electron chi connectivity index (χ0n) is 16.4. The second kappa shape index (κ2) is 10.1. The smallest absolute Gasteiger partial charge is 0.0649 e. The lowest BCUT2D eigenvalue weighted by Crippen LogP contribution is -2.20. The van der Waals surface area contributed by atoms with Crippen molar-refractivity contribution in [1.82, 2.24) is 0 Å². The SMILES string of the molecule is CCOC/C=C(\C)CC/C=C(\C)CCC1=C(C)CCCC1(C)C. The van der Waals surface area contributed by atoms with Crippen LogP contribution in [0.4, 0.5) is 0 Å². The van der Waals surface area contributed by atoms with Crippen LogP contribution in [0.1, 0.15) is 86.5 Å². The van der Waals surface area contributed by atoms with Gasteiger partial charge in [0.15, 0.2) is 0 Å². The first-order valence-corrected chi connectivity index (χ1v) is 9.45. The molecule has 1 heteroatoms. The van der Waals surface area contributed by atoms with Gasteiger partial charge in [-0.25, -0.2) is 0 Å². The molecule has 1 aliphatic rings. The molecule has 0 N–H and O–H groups in total. The van der Waals surface area contributed by atoms with Gasteiger partial charge in [-0.1, -0.05) is 48.3 Å². The molecule has 0 aromatic carbocycles.